The van der Waals surface area contributed by atoms with Gasteiger partial charge in [-0.15, -0.1) is 11.8 Å². The molecule has 1 aromatic rings. The Morgan fingerprint density at radius 3 is 2.77 bits per heavy atom. The maximum Gasteiger partial charge on any atom is 0.188 e. The molecule has 0 N–H and O–H groups in total. The molecule has 0 atom stereocenters. The van der Waals surface area contributed by atoms with Gasteiger partial charge < -0.3 is 9.90 Å². The maximum atomic E-state index is 10.0. The molecule has 1 aromatic heterocycles. The number of carbonyl (C=O) groups excluding carboxylic acids is 1. The van der Waals surface area contributed by atoms with Crippen LogP contribution in [0.5, 0.6) is 0 Å². The molecule has 0 aliphatic heterocycles. The molecule has 70 valence electrons. The zero-order valence-electron chi connectivity index (χ0n) is 6.67. The van der Waals surface area contributed by atoms with Gasteiger partial charge in [-0.1, -0.05) is 11.8 Å². The van der Waals surface area contributed by atoms with Gasteiger partial charge in [0.15, 0.2) is 5.16 Å². The first-order valence-electron chi connectivity index (χ1n) is 3.46. The van der Waals surface area contributed by atoms with Gasteiger partial charge >= 0.3 is 0 Å². The lowest BCUT2D eigenvalue weighted by atomic mass is 10.7. The molecule has 4 nitrogen and oxygen atoms in total. The molecule has 0 amide bonds. The lowest BCUT2D eigenvalue weighted by Gasteiger charge is -2.00. The van der Waals surface area contributed by atoms with Crippen LogP contribution in [0.2, 0.25) is 0 Å². The Balaban J connectivity index is 2.17. The van der Waals surface area contributed by atoms with Crippen LogP contribution in [0.3, 0.4) is 0 Å². The number of nitrogens with zero attached hydrogens (tertiary/aromatic N) is 2. The van der Waals surface area contributed by atoms with Gasteiger partial charge in [0.25, 0.3) is 0 Å². The number of hydrogen-bond donors (Lipinski definition) is 0. The second-order valence-electron chi connectivity index (χ2n) is 2.01. The van der Waals surface area contributed by atoms with E-state index in [2.05, 4.69) is 9.97 Å². The molecule has 1 heterocycles. The standard InChI is InChI=1S/C7H8N2O2S2/c10-6(11)4-12-5-13-7-8-2-1-3-9-7/h1-3H,4-5H2,(H,10,11)/p-1. The molecule has 13 heavy (non-hydrogen) atoms. The number of carbonyl (C=O) groups is 1. The van der Waals surface area contributed by atoms with Crippen LogP contribution in [-0.2, 0) is 4.79 Å². The minimum Gasteiger partial charge on any atom is -0.549 e. The first-order valence-corrected chi connectivity index (χ1v) is 5.60. The van der Waals surface area contributed by atoms with Crippen molar-refractivity contribution >= 4 is 29.5 Å². The summed E-state index contributed by atoms with van der Waals surface area (Å²) in [5.41, 5.74) is 0. The van der Waals surface area contributed by atoms with Crippen molar-refractivity contribution in [1.29, 1.82) is 0 Å². The van der Waals surface area contributed by atoms with Crippen LogP contribution in [0.25, 0.3) is 0 Å². The number of carboxylic acid groups (broad SMARTS) is 1. The molecule has 0 bridgehead atoms. The second kappa shape index (κ2) is 5.82. The highest BCUT2D eigenvalue weighted by atomic mass is 32.2. The zero-order chi connectivity index (χ0) is 9.52. The lowest BCUT2D eigenvalue weighted by Crippen LogP contribution is -2.24. The molecule has 0 fully saturated rings. The fourth-order valence-electron chi connectivity index (χ4n) is 0.579. The molecule has 0 saturated carbocycles. The van der Waals surface area contributed by atoms with Crippen LogP contribution in [-0.4, -0.2) is 26.8 Å². The van der Waals surface area contributed by atoms with E-state index < -0.39 is 5.97 Å². The Bertz CT molecular complexity index is 268. The van der Waals surface area contributed by atoms with Crippen molar-refractivity contribution in [3.05, 3.63) is 18.5 Å². The quantitative estimate of drug-likeness (QED) is 0.298. The zero-order valence-corrected chi connectivity index (χ0v) is 8.31. The van der Waals surface area contributed by atoms with Crippen molar-refractivity contribution in [2.45, 2.75) is 5.16 Å². The Morgan fingerprint density at radius 2 is 2.15 bits per heavy atom. The van der Waals surface area contributed by atoms with Gasteiger partial charge in [0.2, 0.25) is 0 Å². The van der Waals surface area contributed by atoms with Gasteiger partial charge in [-0.25, -0.2) is 9.97 Å². The van der Waals surface area contributed by atoms with Crippen LogP contribution in [0.1, 0.15) is 0 Å². The fourth-order valence-corrected chi connectivity index (χ4v) is 2.11. The van der Waals surface area contributed by atoms with Crippen molar-refractivity contribution in [3.8, 4) is 0 Å². The Labute approximate surface area is 84.2 Å². The minimum absolute atomic E-state index is 0.0137. The number of carboxylic acids is 1. The first-order chi connectivity index (χ1) is 6.29. The molecular weight excluding hydrogens is 208 g/mol. The molecule has 0 saturated heterocycles. The Hall–Kier alpha value is -0.750. The van der Waals surface area contributed by atoms with Crippen molar-refractivity contribution < 1.29 is 9.90 Å². The van der Waals surface area contributed by atoms with Gasteiger partial charge in [-0.05, 0) is 6.07 Å². The van der Waals surface area contributed by atoms with E-state index in [4.69, 9.17) is 0 Å². The van der Waals surface area contributed by atoms with Crippen LogP contribution >= 0.6 is 23.5 Å². The maximum absolute atomic E-state index is 10.0. The van der Waals surface area contributed by atoms with E-state index >= 15 is 0 Å². The van der Waals surface area contributed by atoms with E-state index in [1.165, 1.54) is 23.5 Å². The number of rotatable bonds is 5. The fraction of sp³-hybridized carbons (Fsp3) is 0.286. The molecule has 6 heteroatoms. The molecule has 1 rings (SSSR count). The smallest absolute Gasteiger partial charge is 0.188 e. The summed E-state index contributed by atoms with van der Waals surface area (Å²) in [7, 11) is 0. The van der Waals surface area contributed by atoms with Gasteiger partial charge in [0.05, 0.1) is 5.97 Å². The molecule has 0 aliphatic carbocycles. The largest absolute Gasteiger partial charge is 0.549 e. The summed E-state index contributed by atoms with van der Waals surface area (Å²) in [5.74, 6) is -1.03. The van der Waals surface area contributed by atoms with E-state index in [1.807, 2.05) is 0 Å². The average Bonchev–Trinajstić information content (AvgIpc) is 2.14. The molecular formula is C7H7N2O2S2-. The molecule has 0 aromatic carbocycles. The van der Waals surface area contributed by atoms with Gasteiger partial charge in [-0.2, -0.15) is 0 Å². The van der Waals surface area contributed by atoms with E-state index in [0.29, 0.717) is 10.2 Å². The van der Waals surface area contributed by atoms with E-state index in [-0.39, 0.29) is 5.75 Å². The van der Waals surface area contributed by atoms with Gasteiger partial charge in [0.1, 0.15) is 0 Å². The van der Waals surface area contributed by atoms with Crippen molar-refractivity contribution in [1.82, 2.24) is 9.97 Å². The van der Waals surface area contributed by atoms with Gasteiger partial charge in [-0.3, -0.25) is 0 Å². The van der Waals surface area contributed by atoms with E-state index in [9.17, 15) is 9.90 Å². The Morgan fingerprint density at radius 1 is 1.46 bits per heavy atom. The second-order valence-corrected chi connectivity index (χ2v) is 4.31. The highest BCUT2D eigenvalue weighted by Crippen LogP contribution is 2.17. The van der Waals surface area contributed by atoms with Crippen molar-refractivity contribution in [3.63, 3.8) is 0 Å². The van der Waals surface area contributed by atoms with Gasteiger partial charge in [0, 0.05) is 23.2 Å². The highest BCUT2D eigenvalue weighted by molar-refractivity contribution is 8.16. The molecule has 0 aliphatic rings. The van der Waals surface area contributed by atoms with Crippen molar-refractivity contribution in [2.75, 3.05) is 10.8 Å². The third-order valence-corrected chi connectivity index (χ3v) is 3.08. The minimum atomic E-state index is -1.04. The SMILES string of the molecule is O=C([O-])CSCSc1ncccn1. The summed E-state index contributed by atoms with van der Waals surface area (Å²) in [4.78, 5) is 18.0. The van der Waals surface area contributed by atoms with E-state index in [0.717, 1.165) is 0 Å². The summed E-state index contributed by atoms with van der Waals surface area (Å²) in [6.45, 7) is 0. The normalized spacial score (nSPS) is 9.85. The van der Waals surface area contributed by atoms with Crippen LogP contribution in [0.15, 0.2) is 23.6 Å². The third-order valence-electron chi connectivity index (χ3n) is 1.03. The number of aromatic nitrogens is 2. The summed E-state index contributed by atoms with van der Waals surface area (Å²) in [6.07, 6.45) is 3.30. The number of aliphatic carboxylic acids is 1. The third kappa shape index (κ3) is 4.74. The summed E-state index contributed by atoms with van der Waals surface area (Å²) < 4.78 is 0. The lowest BCUT2D eigenvalue weighted by molar-refractivity contribution is -0.301. The summed E-state index contributed by atoms with van der Waals surface area (Å²) in [5, 5.41) is 11.3. The number of hydrogen-bond acceptors (Lipinski definition) is 6. The van der Waals surface area contributed by atoms with Crippen molar-refractivity contribution in [2.24, 2.45) is 0 Å². The predicted octanol–water partition coefficient (Wildman–Crippen LogP) is 0.00930. The van der Waals surface area contributed by atoms with Crippen LogP contribution in [0, 0.1) is 0 Å². The summed E-state index contributed by atoms with van der Waals surface area (Å²) in [6, 6.07) is 1.73. The molecule has 0 radical (unpaired) electrons. The predicted molar refractivity (Wildman–Crippen MR) is 50.2 cm³/mol. The topological polar surface area (TPSA) is 65.9 Å². The van der Waals surface area contributed by atoms with Crippen LogP contribution in [0.4, 0.5) is 0 Å². The van der Waals surface area contributed by atoms with E-state index in [1.54, 1.807) is 18.5 Å². The molecule has 0 unspecified atom stereocenters. The monoisotopic (exact) mass is 215 g/mol. The average molecular weight is 215 g/mol. The highest BCUT2D eigenvalue weighted by Gasteiger charge is 1.95. The van der Waals surface area contributed by atoms with Crippen LogP contribution < -0.4 is 5.11 Å². The molecule has 0 spiro atoms. The summed E-state index contributed by atoms with van der Waals surface area (Å²) >= 11 is 2.69. The number of thioether (sulfide) groups is 2. The Kier molecular flexibility index (Phi) is 4.63. The first kappa shape index (κ1) is 10.3.